The largest absolute Gasteiger partial charge is 0.447 e. The fraction of sp³-hybridized carbons (Fsp3) is 0.900. The zero-order chi connectivity index (χ0) is 10.3. The van der Waals surface area contributed by atoms with Gasteiger partial charge in [-0.1, -0.05) is 19.8 Å². The van der Waals surface area contributed by atoms with Crippen LogP contribution in [0.3, 0.4) is 0 Å². The molecule has 0 saturated heterocycles. The molecule has 0 aromatic carbocycles. The van der Waals surface area contributed by atoms with Crippen LogP contribution in [0.1, 0.15) is 40.0 Å². The highest BCUT2D eigenvalue weighted by Gasteiger charge is 2.10. The molecule has 0 aromatic heterocycles. The molecule has 0 spiro atoms. The van der Waals surface area contributed by atoms with Gasteiger partial charge in [-0.3, -0.25) is 0 Å². The van der Waals surface area contributed by atoms with Crippen LogP contribution >= 0.6 is 0 Å². The number of ether oxygens (including phenoxy) is 1. The summed E-state index contributed by atoms with van der Waals surface area (Å²) < 4.78 is 5.03. The second-order valence-electron chi connectivity index (χ2n) is 3.56. The molecule has 0 aliphatic heterocycles. The third-order valence-corrected chi connectivity index (χ3v) is 1.75. The van der Waals surface area contributed by atoms with Crippen LogP contribution in [0.4, 0.5) is 4.79 Å². The summed E-state index contributed by atoms with van der Waals surface area (Å²) in [5.74, 6) is 0. The Morgan fingerprint density at radius 3 is 2.46 bits per heavy atom. The van der Waals surface area contributed by atoms with Crippen LogP contribution in [0.2, 0.25) is 0 Å². The lowest BCUT2D eigenvalue weighted by Crippen LogP contribution is -2.30. The summed E-state index contributed by atoms with van der Waals surface area (Å²) in [6.45, 7) is 6.65. The summed E-state index contributed by atoms with van der Waals surface area (Å²) in [4.78, 5) is 12.9. The smallest absolute Gasteiger partial charge is 0.409 e. The molecule has 0 heterocycles. The summed E-state index contributed by atoms with van der Waals surface area (Å²) in [6.07, 6.45) is 3.15. The van der Waals surface area contributed by atoms with E-state index < -0.39 is 0 Å². The quantitative estimate of drug-likeness (QED) is 0.619. The van der Waals surface area contributed by atoms with Crippen molar-refractivity contribution in [3.8, 4) is 0 Å². The van der Waals surface area contributed by atoms with Gasteiger partial charge in [0.25, 0.3) is 0 Å². The van der Waals surface area contributed by atoms with Gasteiger partial charge in [0.1, 0.15) is 0 Å². The van der Waals surface area contributed by atoms with Crippen LogP contribution in [0, 0.1) is 0 Å². The van der Waals surface area contributed by atoms with Crippen LogP contribution in [-0.2, 0) is 4.74 Å². The van der Waals surface area contributed by atoms with Gasteiger partial charge >= 0.3 is 6.09 Å². The molecule has 0 aliphatic rings. The van der Waals surface area contributed by atoms with Crippen molar-refractivity contribution in [2.24, 2.45) is 0 Å². The first kappa shape index (κ1) is 12.3. The number of hydrogen-bond acceptors (Lipinski definition) is 2. The predicted molar refractivity (Wildman–Crippen MR) is 53.8 cm³/mol. The van der Waals surface area contributed by atoms with Crippen LogP contribution < -0.4 is 0 Å². The summed E-state index contributed by atoms with van der Waals surface area (Å²) in [5, 5.41) is 0. The molecule has 78 valence electrons. The first-order valence-electron chi connectivity index (χ1n) is 4.99. The minimum absolute atomic E-state index is 0.0267. The van der Waals surface area contributed by atoms with Gasteiger partial charge in [-0.25, -0.2) is 4.79 Å². The van der Waals surface area contributed by atoms with E-state index in [4.69, 9.17) is 4.74 Å². The third kappa shape index (κ3) is 6.43. The Balaban J connectivity index is 3.57. The molecule has 0 aromatic rings. The molecular weight excluding hydrogens is 166 g/mol. The number of rotatable bonds is 5. The molecule has 0 rings (SSSR count). The third-order valence-electron chi connectivity index (χ3n) is 1.75. The normalized spacial score (nSPS) is 10.2. The molecule has 3 nitrogen and oxygen atoms in total. The zero-order valence-corrected chi connectivity index (χ0v) is 9.17. The molecule has 13 heavy (non-hydrogen) atoms. The van der Waals surface area contributed by atoms with Gasteiger partial charge in [-0.15, -0.1) is 0 Å². The zero-order valence-electron chi connectivity index (χ0n) is 9.17. The Morgan fingerprint density at radius 1 is 1.38 bits per heavy atom. The molecular formula is C10H21NO2. The highest BCUT2D eigenvalue weighted by atomic mass is 16.6. The number of amides is 1. The lowest BCUT2D eigenvalue weighted by Gasteiger charge is -2.18. The van der Waals surface area contributed by atoms with Crippen molar-refractivity contribution in [3.63, 3.8) is 0 Å². The monoisotopic (exact) mass is 187 g/mol. The van der Waals surface area contributed by atoms with Crippen LogP contribution in [0.15, 0.2) is 0 Å². The lowest BCUT2D eigenvalue weighted by atomic mass is 10.2. The number of carbonyl (C=O) groups is 1. The maximum absolute atomic E-state index is 11.3. The van der Waals surface area contributed by atoms with Gasteiger partial charge in [-0.05, 0) is 20.3 Å². The summed E-state index contributed by atoms with van der Waals surface area (Å²) in [5.41, 5.74) is 0. The molecule has 1 amide bonds. The van der Waals surface area contributed by atoms with Crippen LogP contribution in [0.5, 0.6) is 0 Å². The van der Waals surface area contributed by atoms with E-state index in [9.17, 15) is 4.79 Å². The first-order valence-corrected chi connectivity index (χ1v) is 4.99. The molecule has 0 bridgehead atoms. The van der Waals surface area contributed by atoms with E-state index in [0.717, 1.165) is 13.0 Å². The summed E-state index contributed by atoms with van der Waals surface area (Å²) in [6, 6.07) is 0. The van der Waals surface area contributed by atoms with Crippen molar-refractivity contribution < 1.29 is 9.53 Å². The predicted octanol–water partition coefficient (Wildman–Crippen LogP) is 2.65. The minimum Gasteiger partial charge on any atom is -0.447 e. The molecule has 0 atom stereocenters. The Labute approximate surface area is 81.1 Å². The van der Waals surface area contributed by atoms with E-state index in [1.807, 2.05) is 13.8 Å². The molecule has 0 saturated carbocycles. The van der Waals surface area contributed by atoms with Crippen LogP contribution in [0.25, 0.3) is 0 Å². The van der Waals surface area contributed by atoms with Gasteiger partial charge in [-0.2, -0.15) is 0 Å². The molecule has 0 fully saturated rings. The number of unbranched alkanes of at least 4 members (excludes halogenated alkanes) is 2. The molecule has 0 aliphatic carbocycles. The molecule has 0 radical (unpaired) electrons. The van der Waals surface area contributed by atoms with Gasteiger partial charge < -0.3 is 9.64 Å². The van der Waals surface area contributed by atoms with Gasteiger partial charge in [0.15, 0.2) is 0 Å². The molecule has 3 heteroatoms. The molecule has 0 unspecified atom stereocenters. The van der Waals surface area contributed by atoms with Crippen molar-refractivity contribution in [2.45, 2.75) is 46.1 Å². The lowest BCUT2D eigenvalue weighted by molar-refractivity contribution is 0.0836. The summed E-state index contributed by atoms with van der Waals surface area (Å²) in [7, 11) is 1.78. The second kappa shape index (κ2) is 6.75. The van der Waals surface area contributed by atoms with Crippen molar-refractivity contribution in [1.29, 1.82) is 0 Å². The van der Waals surface area contributed by atoms with Crippen molar-refractivity contribution in [1.82, 2.24) is 4.90 Å². The summed E-state index contributed by atoms with van der Waals surface area (Å²) >= 11 is 0. The SMILES string of the molecule is CCCCCN(C)C(=O)OC(C)C. The number of nitrogens with zero attached hydrogens (tertiary/aromatic N) is 1. The Morgan fingerprint density at radius 2 is 2.00 bits per heavy atom. The van der Waals surface area contributed by atoms with Crippen molar-refractivity contribution in [3.05, 3.63) is 0 Å². The van der Waals surface area contributed by atoms with E-state index in [1.54, 1.807) is 11.9 Å². The average molecular weight is 187 g/mol. The van der Waals surface area contributed by atoms with E-state index in [0.29, 0.717) is 0 Å². The fourth-order valence-corrected chi connectivity index (χ4v) is 0.982. The minimum atomic E-state index is -0.217. The van der Waals surface area contributed by atoms with Crippen LogP contribution in [-0.4, -0.2) is 30.7 Å². The second-order valence-corrected chi connectivity index (χ2v) is 3.56. The number of carbonyl (C=O) groups excluding carboxylic acids is 1. The van der Waals surface area contributed by atoms with E-state index in [2.05, 4.69) is 6.92 Å². The van der Waals surface area contributed by atoms with Gasteiger partial charge in [0.2, 0.25) is 0 Å². The maximum Gasteiger partial charge on any atom is 0.409 e. The van der Waals surface area contributed by atoms with E-state index >= 15 is 0 Å². The average Bonchev–Trinajstić information content (AvgIpc) is 2.03. The van der Waals surface area contributed by atoms with Crippen molar-refractivity contribution in [2.75, 3.05) is 13.6 Å². The number of hydrogen-bond donors (Lipinski definition) is 0. The maximum atomic E-state index is 11.3. The van der Waals surface area contributed by atoms with E-state index in [1.165, 1.54) is 12.8 Å². The fourth-order valence-electron chi connectivity index (χ4n) is 0.982. The Bertz CT molecular complexity index is 146. The topological polar surface area (TPSA) is 29.5 Å². The first-order chi connectivity index (χ1) is 6.07. The standard InChI is InChI=1S/C10H21NO2/c1-5-6-7-8-11(4)10(12)13-9(2)3/h9H,5-8H2,1-4H3. The Kier molecular flexibility index (Phi) is 6.37. The van der Waals surface area contributed by atoms with E-state index in [-0.39, 0.29) is 12.2 Å². The van der Waals surface area contributed by atoms with Gasteiger partial charge in [0.05, 0.1) is 6.10 Å². The Hall–Kier alpha value is -0.730. The highest BCUT2D eigenvalue weighted by Crippen LogP contribution is 2.00. The van der Waals surface area contributed by atoms with Crippen molar-refractivity contribution >= 4 is 6.09 Å². The molecule has 0 N–H and O–H groups in total. The van der Waals surface area contributed by atoms with Gasteiger partial charge in [0, 0.05) is 13.6 Å². The highest BCUT2D eigenvalue weighted by molar-refractivity contribution is 5.67.